The Morgan fingerprint density at radius 3 is 1.61 bits per heavy atom. The third kappa shape index (κ3) is 4.91. The fourth-order valence-electron chi connectivity index (χ4n) is 2.56. The molecule has 0 atom stereocenters. The van der Waals surface area contributed by atoms with E-state index in [1.807, 2.05) is 0 Å². The van der Waals surface area contributed by atoms with Crippen molar-refractivity contribution in [2.75, 3.05) is 21.1 Å². The number of rotatable bonds is 9. The van der Waals surface area contributed by atoms with E-state index in [9.17, 15) is 0 Å². The van der Waals surface area contributed by atoms with Crippen LogP contribution in [-0.2, 0) is 0 Å². The standard InChI is InChI=1S/C17H38N/c1-9-10-11-12-13-14-15-16(2,3)17(4,5)18(6,7)8/h9-15H2,1-8H3/q+1. The SMILES string of the molecule is CCCCCCCCC(C)(C)C(C)(C)[N+](C)(C)C. The molecule has 0 unspecified atom stereocenters. The van der Waals surface area contributed by atoms with Gasteiger partial charge in [-0.1, -0.05) is 59.3 Å². The molecule has 0 rings (SSSR count). The largest absolute Gasteiger partial charge is 0.326 e. The van der Waals surface area contributed by atoms with Gasteiger partial charge in [-0.25, -0.2) is 0 Å². The van der Waals surface area contributed by atoms with Crippen LogP contribution in [0.15, 0.2) is 0 Å². The average Bonchev–Trinajstić information content (AvgIpc) is 2.21. The van der Waals surface area contributed by atoms with Crippen molar-refractivity contribution in [2.45, 2.75) is 85.1 Å². The normalized spacial score (nSPS) is 14.0. The van der Waals surface area contributed by atoms with E-state index in [1.165, 1.54) is 44.9 Å². The summed E-state index contributed by atoms with van der Waals surface area (Å²) >= 11 is 0. The third-order valence-electron chi connectivity index (χ3n) is 5.49. The number of unbranched alkanes of at least 4 members (excludes halogenated alkanes) is 5. The average molecular weight is 256 g/mol. The van der Waals surface area contributed by atoms with E-state index in [0.717, 1.165) is 4.48 Å². The lowest BCUT2D eigenvalue weighted by atomic mass is 9.69. The molecule has 0 saturated carbocycles. The Labute approximate surface area is 117 Å². The van der Waals surface area contributed by atoms with Crippen LogP contribution < -0.4 is 0 Å². The molecule has 0 fully saturated rings. The van der Waals surface area contributed by atoms with Crippen LogP contribution in [0.25, 0.3) is 0 Å². The molecular formula is C17H38N+. The highest BCUT2D eigenvalue weighted by Crippen LogP contribution is 2.41. The molecule has 18 heavy (non-hydrogen) atoms. The molecule has 0 amide bonds. The summed E-state index contributed by atoms with van der Waals surface area (Å²) in [7, 11) is 6.97. The molecule has 0 N–H and O–H groups in total. The molecule has 0 spiro atoms. The highest BCUT2D eigenvalue weighted by molar-refractivity contribution is 4.87. The molecule has 0 radical (unpaired) electrons. The van der Waals surface area contributed by atoms with E-state index in [1.54, 1.807) is 0 Å². The van der Waals surface area contributed by atoms with Gasteiger partial charge in [0.25, 0.3) is 0 Å². The van der Waals surface area contributed by atoms with E-state index < -0.39 is 0 Å². The predicted molar refractivity (Wildman–Crippen MR) is 83.9 cm³/mol. The summed E-state index contributed by atoms with van der Waals surface area (Å²) in [5.74, 6) is 0. The van der Waals surface area contributed by atoms with Gasteiger partial charge in [0.1, 0.15) is 0 Å². The van der Waals surface area contributed by atoms with Crippen LogP contribution in [0.1, 0.15) is 79.6 Å². The summed E-state index contributed by atoms with van der Waals surface area (Å²) in [6, 6.07) is 0. The number of hydrogen-bond acceptors (Lipinski definition) is 0. The van der Waals surface area contributed by atoms with Gasteiger partial charge < -0.3 is 4.48 Å². The summed E-state index contributed by atoms with van der Waals surface area (Å²) in [5, 5.41) is 0. The second-order valence-electron chi connectivity index (χ2n) is 7.97. The lowest BCUT2D eigenvalue weighted by Crippen LogP contribution is -2.60. The summed E-state index contributed by atoms with van der Waals surface area (Å²) in [5.41, 5.74) is 0.715. The molecule has 1 heteroatoms. The van der Waals surface area contributed by atoms with Crippen molar-refractivity contribution in [2.24, 2.45) is 5.41 Å². The minimum Gasteiger partial charge on any atom is -0.326 e. The van der Waals surface area contributed by atoms with Gasteiger partial charge in [0.2, 0.25) is 0 Å². The Morgan fingerprint density at radius 1 is 0.722 bits per heavy atom. The van der Waals surface area contributed by atoms with Crippen LogP contribution >= 0.6 is 0 Å². The van der Waals surface area contributed by atoms with Gasteiger partial charge in [-0.15, -0.1) is 0 Å². The van der Waals surface area contributed by atoms with Crippen molar-refractivity contribution in [3.05, 3.63) is 0 Å². The van der Waals surface area contributed by atoms with Crippen LogP contribution in [0.4, 0.5) is 0 Å². The lowest BCUT2D eigenvalue weighted by Gasteiger charge is -2.51. The van der Waals surface area contributed by atoms with E-state index >= 15 is 0 Å². The number of nitrogens with zero attached hydrogens (tertiary/aromatic N) is 1. The summed E-state index contributed by atoms with van der Waals surface area (Å²) in [6.07, 6.45) is 9.76. The van der Waals surface area contributed by atoms with Gasteiger partial charge in [0, 0.05) is 5.41 Å². The molecular weight excluding hydrogens is 218 g/mol. The van der Waals surface area contributed by atoms with E-state index in [2.05, 4.69) is 55.8 Å². The highest BCUT2D eigenvalue weighted by Gasteiger charge is 2.46. The van der Waals surface area contributed by atoms with Crippen molar-refractivity contribution in [1.82, 2.24) is 0 Å². The first kappa shape index (κ1) is 18.0. The second-order valence-corrected chi connectivity index (χ2v) is 7.97. The maximum atomic E-state index is 2.45. The molecule has 0 heterocycles. The lowest BCUT2D eigenvalue weighted by molar-refractivity contribution is -0.928. The Kier molecular flexibility index (Phi) is 6.92. The van der Waals surface area contributed by atoms with Gasteiger partial charge in [0.05, 0.1) is 26.7 Å². The van der Waals surface area contributed by atoms with Gasteiger partial charge in [-0.2, -0.15) is 0 Å². The maximum Gasteiger partial charge on any atom is 0.0980 e. The fourth-order valence-corrected chi connectivity index (χ4v) is 2.56. The van der Waals surface area contributed by atoms with Crippen molar-refractivity contribution in [3.63, 3.8) is 0 Å². The Balaban J connectivity index is 4.15. The number of quaternary nitrogens is 1. The molecule has 0 saturated heterocycles. The van der Waals surface area contributed by atoms with Crippen molar-refractivity contribution < 1.29 is 4.48 Å². The summed E-state index contributed by atoms with van der Waals surface area (Å²) < 4.78 is 1.04. The van der Waals surface area contributed by atoms with E-state index in [0.29, 0.717) is 11.0 Å². The Bertz CT molecular complexity index is 220. The first-order chi connectivity index (χ1) is 8.06. The zero-order chi connectivity index (χ0) is 14.4. The Morgan fingerprint density at radius 2 is 1.17 bits per heavy atom. The van der Waals surface area contributed by atoms with E-state index in [-0.39, 0.29) is 0 Å². The molecule has 0 bridgehead atoms. The van der Waals surface area contributed by atoms with Gasteiger partial charge >= 0.3 is 0 Å². The minimum absolute atomic E-state index is 0.316. The fraction of sp³-hybridized carbons (Fsp3) is 1.00. The molecule has 1 nitrogen and oxygen atoms in total. The van der Waals surface area contributed by atoms with Crippen molar-refractivity contribution in [1.29, 1.82) is 0 Å². The predicted octanol–water partition coefficient (Wildman–Crippen LogP) is 5.25. The third-order valence-corrected chi connectivity index (χ3v) is 5.49. The minimum atomic E-state index is 0.316. The van der Waals surface area contributed by atoms with Crippen molar-refractivity contribution >= 4 is 0 Å². The Hall–Kier alpha value is -0.0400. The summed E-state index contributed by atoms with van der Waals surface area (Å²) in [6.45, 7) is 12.0. The first-order valence-corrected chi connectivity index (χ1v) is 7.88. The second kappa shape index (κ2) is 6.93. The molecule has 0 aliphatic rings. The van der Waals surface area contributed by atoms with Gasteiger partial charge in [0.15, 0.2) is 0 Å². The van der Waals surface area contributed by atoms with Crippen LogP contribution in [0.2, 0.25) is 0 Å². The quantitative estimate of drug-likeness (QED) is 0.390. The zero-order valence-corrected chi connectivity index (χ0v) is 14.4. The molecule has 110 valence electrons. The van der Waals surface area contributed by atoms with Crippen molar-refractivity contribution in [3.8, 4) is 0 Å². The van der Waals surface area contributed by atoms with Crippen LogP contribution in [0.5, 0.6) is 0 Å². The van der Waals surface area contributed by atoms with Gasteiger partial charge in [-0.3, -0.25) is 0 Å². The topological polar surface area (TPSA) is 0 Å². The smallest absolute Gasteiger partial charge is 0.0980 e. The summed E-state index contributed by atoms with van der Waals surface area (Å²) in [4.78, 5) is 0. The number of hydrogen-bond donors (Lipinski definition) is 0. The molecule has 0 aliphatic carbocycles. The monoisotopic (exact) mass is 256 g/mol. The molecule has 0 aliphatic heterocycles. The van der Waals surface area contributed by atoms with Crippen LogP contribution in [-0.4, -0.2) is 31.2 Å². The maximum absolute atomic E-state index is 2.45. The first-order valence-electron chi connectivity index (χ1n) is 7.88. The zero-order valence-electron chi connectivity index (χ0n) is 14.4. The van der Waals surface area contributed by atoms with Gasteiger partial charge in [-0.05, 0) is 20.3 Å². The van der Waals surface area contributed by atoms with Crippen LogP contribution in [0, 0.1) is 5.41 Å². The highest BCUT2D eigenvalue weighted by atomic mass is 15.3. The molecule has 0 aromatic rings. The molecule has 0 aromatic heterocycles. The van der Waals surface area contributed by atoms with E-state index in [4.69, 9.17) is 0 Å². The van der Waals surface area contributed by atoms with Crippen LogP contribution in [0.3, 0.4) is 0 Å². The molecule has 0 aromatic carbocycles.